The van der Waals surface area contributed by atoms with Crippen LogP contribution in [0.5, 0.6) is 23.0 Å². The summed E-state index contributed by atoms with van der Waals surface area (Å²) in [6, 6.07) is 10.1. The van der Waals surface area contributed by atoms with E-state index < -0.39 is 0 Å². The van der Waals surface area contributed by atoms with Crippen LogP contribution in [0.25, 0.3) is 0 Å². The Kier molecular flexibility index (Phi) is 6.76. The van der Waals surface area contributed by atoms with E-state index >= 15 is 0 Å². The first-order valence-electron chi connectivity index (χ1n) is 7.66. The number of aromatic hydroxyl groups is 3. The minimum Gasteiger partial charge on any atom is -0.508 e. The van der Waals surface area contributed by atoms with Crippen molar-refractivity contribution in [1.82, 2.24) is 0 Å². The largest absolute Gasteiger partial charge is 0.508 e. The molecular weight excluding hydrogens is 292 g/mol. The van der Waals surface area contributed by atoms with E-state index in [1.807, 2.05) is 33.8 Å². The summed E-state index contributed by atoms with van der Waals surface area (Å²) in [5.41, 5.74) is 1.49. The summed E-state index contributed by atoms with van der Waals surface area (Å²) in [5.74, 6) is 1.83. The molecule has 0 fully saturated rings. The van der Waals surface area contributed by atoms with Gasteiger partial charge in [0.05, 0.1) is 7.11 Å². The maximum atomic E-state index is 9.51. The fourth-order valence-electron chi connectivity index (χ4n) is 2.42. The van der Waals surface area contributed by atoms with E-state index in [4.69, 9.17) is 4.74 Å². The minimum atomic E-state index is 0.149. The zero-order valence-corrected chi connectivity index (χ0v) is 14.4. The first kappa shape index (κ1) is 18.7. The van der Waals surface area contributed by atoms with E-state index in [0.717, 1.165) is 11.3 Å². The highest BCUT2D eigenvalue weighted by molar-refractivity contribution is 5.46. The number of benzene rings is 2. The lowest BCUT2D eigenvalue weighted by Gasteiger charge is -2.12. The molecule has 0 spiro atoms. The quantitative estimate of drug-likeness (QED) is 0.764. The number of hydrogen-bond donors (Lipinski definition) is 3. The predicted molar refractivity (Wildman–Crippen MR) is 92.6 cm³/mol. The molecule has 0 saturated heterocycles. The van der Waals surface area contributed by atoms with Gasteiger partial charge in [-0.3, -0.25) is 0 Å². The van der Waals surface area contributed by atoms with Gasteiger partial charge in [0.15, 0.2) is 0 Å². The smallest absolute Gasteiger partial charge is 0.126 e. The van der Waals surface area contributed by atoms with E-state index in [1.54, 1.807) is 37.4 Å². The van der Waals surface area contributed by atoms with Gasteiger partial charge in [0.2, 0.25) is 0 Å². The molecule has 2 aromatic rings. The summed E-state index contributed by atoms with van der Waals surface area (Å²) >= 11 is 0. The first-order chi connectivity index (χ1) is 10.8. The third-order valence-corrected chi connectivity index (χ3v) is 3.48. The number of ether oxygens (including phenoxy) is 1. The standard InChI is InChI=1S/C10H14O2.C9H12O2/c1-7(2)10-8(11)5-4-6-9(10)12-3;1-6(2)9-7(10)4-3-5-8(9)11/h4-7,11H,1-3H3;3-6,10-11H,1-2H3. The normalized spacial score (nSPS) is 10.4. The molecule has 0 aliphatic heterocycles. The first-order valence-corrected chi connectivity index (χ1v) is 7.66. The molecule has 2 rings (SSSR count). The topological polar surface area (TPSA) is 69.9 Å². The Hall–Kier alpha value is -2.36. The maximum absolute atomic E-state index is 9.51. The fraction of sp³-hybridized carbons (Fsp3) is 0.368. The van der Waals surface area contributed by atoms with Gasteiger partial charge in [-0.1, -0.05) is 39.8 Å². The van der Waals surface area contributed by atoms with Crippen molar-refractivity contribution < 1.29 is 20.1 Å². The Labute approximate surface area is 138 Å². The second-order valence-corrected chi connectivity index (χ2v) is 5.91. The van der Waals surface area contributed by atoms with E-state index in [1.165, 1.54) is 0 Å². The van der Waals surface area contributed by atoms with Crippen molar-refractivity contribution in [2.75, 3.05) is 7.11 Å². The lowest BCUT2D eigenvalue weighted by Crippen LogP contribution is -1.94. The van der Waals surface area contributed by atoms with Crippen molar-refractivity contribution in [3.05, 3.63) is 47.5 Å². The lowest BCUT2D eigenvalue weighted by molar-refractivity contribution is 0.396. The van der Waals surface area contributed by atoms with Crippen LogP contribution in [0.2, 0.25) is 0 Å². The van der Waals surface area contributed by atoms with Gasteiger partial charge in [0.1, 0.15) is 23.0 Å². The minimum absolute atomic E-state index is 0.149. The average Bonchev–Trinajstić information content (AvgIpc) is 2.46. The van der Waals surface area contributed by atoms with Gasteiger partial charge in [-0.2, -0.15) is 0 Å². The van der Waals surface area contributed by atoms with E-state index in [9.17, 15) is 15.3 Å². The number of phenols is 3. The number of methoxy groups -OCH3 is 1. The van der Waals surface area contributed by atoms with Crippen molar-refractivity contribution in [1.29, 1.82) is 0 Å². The zero-order valence-electron chi connectivity index (χ0n) is 14.4. The summed E-state index contributed by atoms with van der Waals surface area (Å²) in [7, 11) is 1.61. The number of rotatable bonds is 3. The molecule has 0 aliphatic rings. The van der Waals surface area contributed by atoms with Crippen molar-refractivity contribution in [3.8, 4) is 23.0 Å². The fourth-order valence-corrected chi connectivity index (χ4v) is 2.42. The number of phenolic OH excluding ortho intramolecular Hbond substituents is 3. The highest BCUT2D eigenvalue weighted by atomic mass is 16.5. The molecule has 0 aliphatic carbocycles. The average molecular weight is 318 g/mol. The zero-order chi connectivity index (χ0) is 17.6. The van der Waals surface area contributed by atoms with Crippen molar-refractivity contribution in [2.45, 2.75) is 39.5 Å². The Bertz CT molecular complexity index is 613. The van der Waals surface area contributed by atoms with Crippen LogP contribution in [0.4, 0.5) is 0 Å². The van der Waals surface area contributed by atoms with Crippen LogP contribution in [-0.4, -0.2) is 22.4 Å². The summed E-state index contributed by atoms with van der Waals surface area (Å²) < 4.78 is 5.13. The number of hydrogen-bond acceptors (Lipinski definition) is 4. The molecule has 0 bridgehead atoms. The summed E-state index contributed by atoms with van der Waals surface area (Å²) in [6.07, 6.45) is 0. The van der Waals surface area contributed by atoms with Gasteiger partial charge in [0.25, 0.3) is 0 Å². The maximum Gasteiger partial charge on any atom is 0.126 e. The van der Waals surface area contributed by atoms with Crippen molar-refractivity contribution in [2.24, 2.45) is 0 Å². The highest BCUT2D eigenvalue weighted by Crippen LogP contribution is 2.34. The van der Waals surface area contributed by atoms with Crippen LogP contribution >= 0.6 is 0 Å². The molecule has 4 heteroatoms. The van der Waals surface area contributed by atoms with Gasteiger partial charge in [0, 0.05) is 11.1 Å². The van der Waals surface area contributed by atoms with Crippen LogP contribution < -0.4 is 4.74 Å². The summed E-state index contributed by atoms with van der Waals surface area (Å²) in [6.45, 7) is 7.90. The molecule has 0 aromatic heterocycles. The molecule has 0 atom stereocenters. The van der Waals surface area contributed by atoms with Crippen LogP contribution in [0.15, 0.2) is 36.4 Å². The Morgan fingerprint density at radius 2 is 1.09 bits per heavy atom. The van der Waals surface area contributed by atoms with Crippen molar-refractivity contribution >= 4 is 0 Å². The molecule has 0 saturated carbocycles. The Balaban J connectivity index is 0.000000231. The van der Waals surface area contributed by atoms with Crippen LogP contribution in [0.3, 0.4) is 0 Å². The third-order valence-electron chi connectivity index (χ3n) is 3.48. The molecule has 23 heavy (non-hydrogen) atoms. The van der Waals surface area contributed by atoms with Gasteiger partial charge >= 0.3 is 0 Å². The molecule has 3 N–H and O–H groups in total. The van der Waals surface area contributed by atoms with E-state index in [2.05, 4.69) is 0 Å². The molecule has 2 aromatic carbocycles. The second-order valence-electron chi connectivity index (χ2n) is 5.91. The third kappa shape index (κ3) is 4.81. The van der Waals surface area contributed by atoms with Crippen LogP contribution in [-0.2, 0) is 0 Å². The highest BCUT2D eigenvalue weighted by Gasteiger charge is 2.11. The van der Waals surface area contributed by atoms with Crippen LogP contribution in [0.1, 0.15) is 50.7 Å². The van der Waals surface area contributed by atoms with Crippen molar-refractivity contribution in [3.63, 3.8) is 0 Å². The summed E-state index contributed by atoms with van der Waals surface area (Å²) in [4.78, 5) is 0. The van der Waals surface area contributed by atoms with Gasteiger partial charge in [-0.15, -0.1) is 0 Å². The molecular formula is C19H26O4. The molecule has 4 nitrogen and oxygen atoms in total. The monoisotopic (exact) mass is 318 g/mol. The predicted octanol–water partition coefficient (Wildman–Crippen LogP) is 4.75. The van der Waals surface area contributed by atoms with Gasteiger partial charge in [-0.05, 0) is 36.1 Å². The van der Waals surface area contributed by atoms with Gasteiger partial charge in [-0.25, -0.2) is 0 Å². The molecule has 0 amide bonds. The summed E-state index contributed by atoms with van der Waals surface area (Å²) in [5, 5.41) is 28.1. The van der Waals surface area contributed by atoms with Crippen LogP contribution in [0, 0.1) is 0 Å². The Morgan fingerprint density at radius 1 is 0.696 bits per heavy atom. The lowest BCUT2D eigenvalue weighted by atomic mass is 10.0. The second kappa shape index (κ2) is 8.32. The van der Waals surface area contributed by atoms with E-state index in [0.29, 0.717) is 11.3 Å². The molecule has 126 valence electrons. The molecule has 0 heterocycles. The molecule has 0 unspecified atom stereocenters. The SMILES string of the molecule is CC(C)c1c(O)cccc1O.COc1cccc(O)c1C(C)C. The van der Waals surface area contributed by atoms with Gasteiger partial charge < -0.3 is 20.1 Å². The molecule has 0 radical (unpaired) electrons. The van der Waals surface area contributed by atoms with E-state index in [-0.39, 0.29) is 23.3 Å². The Morgan fingerprint density at radius 3 is 1.39 bits per heavy atom.